The first-order valence-corrected chi connectivity index (χ1v) is 10.1. The van der Waals surface area contributed by atoms with Crippen molar-refractivity contribution in [1.82, 2.24) is 0 Å². The third-order valence-electron chi connectivity index (χ3n) is 4.54. The molecule has 0 radical (unpaired) electrons. The normalized spacial score (nSPS) is 14.1. The van der Waals surface area contributed by atoms with E-state index < -0.39 is 5.82 Å². The monoisotopic (exact) mass is 412 g/mol. The Morgan fingerprint density at radius 2 is 2.07 bits per heavy atom. The summed E-state index contributed by atoms with van der Waals surface area (Å²) in [5.74, 6) is 1.03. The first kappa shape index (κ1) is 23.2. The Morgan fingerprint density at radius 3 is 2.73 bits per heavy atom. The molecule has 1 aliphatic carbocycles. The lowest BCUT2D eigenvalue weighted by molar-refractivity contribution is 0.209. The molecule has 0 unspecified atom stereocenters. The molecule has 2 aromatic rings. The van der Waals surface area contributed by atoms with Crippen molar-refractivity contribution in [3.63, 3.8) is 0 Å². The van der Waals surface area contributed by atoms with E-state index in [1.807, 2.05) is 13.8 Å². The van der Waals surface area contributed by atoms with Gasteiger partial charge in [-0.15, -0.1) is 0 Å². The van der Waals surface area contributed by atoms with Gasteiger partial charge >= 0.3 is 0 Å². The van der Waals surface area contributed by atoms with Gasteiger partial charge in [-0.3, -0.25) is 4.79 Å². The Bertz CT molecular complexity index is 1020. The fourth-order valence-electron chi connectivity index (χ4n) is 2.65. The number of fused-ring (bicyclic) bond motifs is 1. The lowest BCUT2D eigenvalue weighted by Gasteiger charge is -2.09. The number of allylic oxidation sites excluding steroid dienone is 3. The highest BCUT2D eigenvalue weighted by atomic mass is 19.1. The van der Waals surface area contributed by atoms with Crippen molar-refractivity contribution >= 4 is 17.0 Å². The zero-order chi connectivity index (χ0) is 22.1. The highest BCUT2D eigenvalue weighted by Gasteiger charge is 2.22. The molecule has 0 bridgehead atoms. The van der Waals surface area contributed by atoms with Crippen LogP contribution in [0.2, 0.25) is 0 Å². The average Bonchev–Trinajstić information content (AvgIpc) is 3.58. The van der Waals surface area contributed by atoms with Gasteiger partial charge in [-0.05, 0) is 62.1 Å². The quantitative estimate of drug-likeness (QED) is 0.377. The molecule has 1 heterocycles. The Balaban J connectivity index is 0.00000155. The fourth-order valence-corrected chi connectivity index (χ4v) is 2.65. The van der Waals surface area contributed by atoms with Crippen molar-refractivity contribution in [2.75, 3.05) is 13.7 Å². The van der Waals surface area contributed by atoms with Gasteiger partial charge in [-0.25, -0.2) is 4.39 Å². The molecule has 1 aromatic heterocycles. The van der Waals surface area contributed by atoms with Crippen LogP contribution in [-0.4, -0.2) is 13.7 Å². The lowest BCUT2D eigenvalue weighted by Crippen LogP contribution is -2.07. The minimum atomic E-state index is -0.457. The molecule has 0 amide bonds. The molecular weight excluding hydrogens is 383 g/mol. The van der Waals surface area contributed by atoms with Crippen molar-refractivity contribution in [2.24, 2.45) is 5.92 Å². The van der Waals surface area contributed by atoms with Crippen LogP contribution in [-0.2, 0) is 9.47 Å². The van der Waals surface area contributed by atoms with Gasteiger partial charge in [0.15, 0.2) is 5.43 Å². The Kier molecular flexibility index (Phi) is 8.66. The summed E-state index contributed by atoms with van der Waals surface area (Å²) in [6.07, 6.45) is 10.8. The summed E-state index contributed by atoms with van der Waals surface area (Å²) in [6.45, 7) is 10.3. The van der Waals surface area contributed by atoms with Gasteiger partial charge in [-0.2, -0.15) is 0 Å². The molecule has 1 fully saturated rings. The van der Waals surface area contributed by atoms with Crippen molar-refractivity contribution in [3.05, 3.63) is 88.0 Å². The smallest absolute Gasteiger partial charge is 0.196 e. The maximum Gasteiger partial charge on any atom is 0.196 e. The van der Waals surface area contributed by atoms with Gasteiger partial charge in [-0.1, -0.05) is 20.4 Å². The summed E-state index contributed by atoms with van der Waals surface area (Å²) >= 11 is 0. The third kappa shape index (κ3) is 6.21. The maximum absolute atomic E-state index is 13.5. The van der Waals surface area contributed by atoms with Gasteiger partial charge in [0.05, 0.1) is 25.4 Å². The van der Waals surface area contributed by atoms with E-state index in [2.05, 4.69) is 6.58 Å². The number of methoxy groups -OCH3 is 1. The topological polar surface area (TPSA) is 48.7 Å². The van der Waals surface area contributed by atoms with Gasteiger partial charge in [0, 0.05) is 17.2 Å². The summed E-state index contributed by atoms with van der Waals surface area (Å²) in [4.78, 5) is 12.5. The molecule has 3 rings (SSSR count). The summed E-state index contributed by atoms with van der Waals surface area (Å²) in [7, 11) is 1.56. The highest BCUT2D eigenvalue weighted by Crippen LogP contribution is 2.30. The zero-order valence-corrected chi connectivity index (χ0v) is 18.0. The van der Waals surface area contributed by atoms with Crippen molar-refractivity contribution in [2.45, 2.75) is 33.6 Å². The van der Waals surface area contributed by atoms with Gasteiger partial charge in [0.2, 0.25) is 0 Å². The maximum atomic E-state index is 13.5. The zero-order valence-electron chi connectivity index (χ0n) is 18.0. The van der Waals surface area contributed by atoms with Crippen molar-refractivity contribution < 1.29 is 18.3 Å². The summed E-state index contributed by atoms with van der Waals surface area (Å²) in [6, 6.07) is 3.90. The van der Waals surface area contributed by atoms with Crippen LogP contribution in [0.1, 0.15) is 38.0 Å². The molecule has 0 saturated heterocycles. The standard InChI is InChI=1S/C23H23FO4.C2H6/c1-15-21(28-22-13-19(24)9-10-20(22)23(15)25)11-8-18(5-4-12-26-3)16(2)27-14-17-6-7-17;1-2/h4-5,8-13,17H,2,6-7,14H2,1,3H3;1-2H3/b11-8+,12-4+,18-5-;. The van der Waals surface area contributed by atoms with E-state index in [0.29, 0.717) is 35.0 Å². The predicted molar refractivity (Wildman–Crippen MR) is 120 cm³/mol. The second-order valence-corrected chi connectivity index (χ2v) is 6.76. The first-order chi connectivity index (χ1) is 14.5. The number of benzene rings is 1. The molecule has 1 aliphatic rings. The molecular formula is C25H29FO4. The average molecular weight is 413 g/mol. The van der Waals surface area contributed by atoms with E-state index in [-0.39, 0.29) is 11.0 Å². The van der Waals surface area contributed by atoms with Gasteiger partial charge < -0.3 is 13.9 Å². The predicted octanol–water partition coefficient (Wildman–Crippen LogP) is 6.31. The van der Waals surface area contributed by atoms with Crippen LogP contribution >= 0.6 is 0 Å². The van der Waals surface area contributed by atoms with Gasteiger partial charge in [0.25, 0.3) is 0 Å². The van der Waals surface area contributed by atoms with E-state index >= 15 is 0 Å². The van der Waals surface area contributed by atoms with Crippen LogP contribution < -0.4 is 5.43 Å². The van der Waals surface area contributed by atoms with Crippen LogP contribution in [0, 0.1) is 18.7 Å². The second kappa shape index (κ2) is 11.2. The Morgan fingerprint density at radius 1 is 1.33 bits per heavy atom. The highest BCUT2D eigenvalue weighted by molar-refractivity contribution is 5.78. The fraction of sp³-hybridized carbons (Fsp3) is 0.320. The summed E-state index contributed by atoms with van der Waals surface area (Å²) < 4.78 is 29.9. The molecule has 0 N–H and O–H groups in total. The SMILES string of the molecule is C=C(OCC1CC1)C(=C\C=C\OC)/C=C/c1oc2cc(F)ccc2c(=O)c1C.CC. The summed E-state index contributed by atoms with van der Waals surface area (Å²) in [5.41, 5.74) is 1.19. The molecule has 0 aliphatic heterocycles. The molecule has 4 nitrogen and oxygen atoms in total. The number of ether oxygens (including phenoxy) is 2. The van der Waals surface area contributed by atoms with Crippen LogP contribution in [0.5, 0.6) is 0 Å². The van der Waals surface area contributed by atoms with E-state index in [0.717, 1.165) is 5.57 Å². The third-order valence-corrected chi connectivity index (χ3v) is 4.54. The molecule has 0 spiro atoms. The van der Waals surface area contributed by atoms with Crippen LogP contribution in [0.3, 0.4) is 0 Å². The number of halogens is 1. The van der Waals surface area contributed by atoms with Crippen LogP contribution in [0.15, 0.2) is 69.8 Å². The van der Waals surface area contributed by atoms with E-state index in [1.165, 1.54) is 37.3 Å². The van der Waals surface area contributed by atoms with Crippen molar-refractivity contribution in [3.8, 4) is 0 Å². The largest absolute Gasteiger partial charge is 0.504 e. The number of hydrogen-bond acceptors (Lipinski definition) is 4. The second-order valence-electron chi connectivity index (χ2n) is 6.76. The minimum absolute atomic E-state index is 0.186. The number of rotatable bonds is 8. The van der Waals surface area contributed by atoms with Crippen LogP contribution in [0.4, 0.5) is 4.39 Å². The van der Waals surface area contributed by atoms with Crippen LogP contribution in [0.25, 0.3) is 17.0 Å². The minimum Gasteiger partial charge on any atom is -0.504 e. The van der Waals surface area contributed by atoms with Gasteiger partial charge in [0.1, 0.15) is 22.9 Å². The molecule has 5 heteroatoms. The molecule has 1 aromatic carbocycles. The van der Waals surface area contributed by atoms with Crippen molar-refractivity contribution in [1.29, 1.82) is 0 Å². The van der Waals surface area contributed by atoms with E-state index in [1.54, 1.807) is 38.3 Å². The molecule has 160 valence electrons. The molecule has 30 heavy (non-hydrogen) atoms. The Labute approximate surface area is 177 Å². The Hall–Kier alpha value is -3.08. The summed E-state index contributed by atoms with van der Waals surface area (Å²) in [5, 5.41) is 0.354. The molecule has 1 saturated carbocycles. The van der Waals surface area contributed by atoms with E-state index in [9.17, 15) is 9.18 Å². The van der Waals surface area contributed by atoms with E-state index in [4.69, 9.17) is 13.9 Å². The molecule has 0 atom stereocenters. The lowest BCUT2D eigenvalue weighted by atomic mass is 10.1. The first-order valence-electron chi connectivity index (χ1n) is 10.1. The number of hydrogen-bond donors (Lipinski definition) is 0.